The highest BCUT2D eigenvalue weighted by atomic mass is 35.5. The Morgan fingerprint density at radius 1 is 1.05 bits per heavy atom. The van der Waals surface area contributed by atoms with Crippen LogP contribution < -0.4 is 10.6 Å². The van der Waals surface area contributed by atoms with E-state index < -0.39 is 0 Å². The van der Waals surface area contributed by atoms with Gasteiger partial charge in [-0.1, -0.05) is 41.9 Å². The van der Waals surface area contributed by atoms with Crippen molar-refractivity contribution in [1.29, 1.82) is 0 Å². The first kappa shape index (κ1) is 14.0. The summed E-state index contributed by atoms with van der Waals surface area (Å²) >= 11 is 8.00. The minimum Gasteiger partial charge on any atom is -0.297 e. The van der Waals surface area contributed by atoms with E-state index in [-0.39, 0.29) is 6.17 Å². The first-order valence-corrected chi connectivity index (χ1v) is 8.12. The van der Waals surface area contributed by atoms with Crippen molar-refractivity contribution in [3.05, 3.63) is 64.7 Å². The monoisotopic (exact) mass is 304 g/mol. The molecule has 1 aliphatic heterocycles. The highest BCUT2D eigenvalue weighted by molar-refractivity contribution is 7.98. The van der Waals surface area contributed by atoms with E-state index in [0.29, 0.717) is 0 Å². The Bertz CT molecular complexity index is 568. The van der Waals surface area contributed by atoms with Crippen molar-refractivity contribution in [2.75, 3.05) is 13.1 Å². The maximum atomic E-state index is 6.15. The molecule has 0 bridgehead atoms. The Balaban J connectivity index is 1.78. The Kier molecular flexibility index (Phi) is 4.63. The summed E-state index contributed by atoms with van der Waals surface area (Å²) in [5.74, 6) is 0.974. The molecule has 1 fully saturated rings. The largest absolute Gasteiger partial charge is 0.297 e. The number of hydrogen-bond donors (Lipinski definition) is 2. The molecule has 20 heavy (non-hydrogen) atoms. The summed E-state index contributed by atoms with van der Waals surface area (Å²) in [5.41, 5.74) is 2.58. The molecule has 4 heteroatoms. The zero-order valence-corrected chi connectivity index (χ0v) is 12.7. The fourth-order valence-electron chi connectivity index (χ4n) is 2.34. The SMILES string of the molecule is Clc1ccc(SCc2ccccc2)c(C2NCCN2)c1. The molecule has 2 aromatic carbocycles. The molecular weight excluding hydrogens is 288 g/mol. The van der Waals surface area contributed by atoms with Crippen molar-refractivity contribution in [3.8, 4) is 0 Å². The van der Waals surface area contributed by atoms with Crippen LogP contribution in [0.2, 0.25) is 5.02 Å². The lowest BCUT2D eigenvalue weighted by molar-refractivity contribution is 0.578. The van der Waals surface area contributed by atoms with Gasteiger partial charge in [-0.3, -0.25) is 10.6 Å². The van der Waals surface area contributed by atoms with Gasteiger partial charge in [0, 0.05) is 28.8 Å². The van der Waals surface area contributed by atoms with E-state index in [9.17, 15) is 0 Å². The smallest absolute Gasteiger partial charge is 0.0847 e. The second kappa shape index (κ2) is 6.64. The Morgan fingerprint density at radius 3 is 2.55 bits per heavy atom. The molecule has 2 aromatic rings. The molecule has 0 atom stereocenters. The fraction of sp³-hybridized carbons (Fsp3) is 0.250. The van der Waals surface area contributed by atoms with E-state index in [0.717, 1.165) is 23.9 Å². The van der Waals surface area contributed by atoms with E-state index in [1.807, 2.05) is 23.9 Å². The van der Waals surface area contributed by atoms with Gasteiger partial charge in [-0.2, -0.15) is 0 Å². The number of thioether (sulfide) groups is 1. The number of nitrogens with one attached hydrogen (secondary N) is 2. The van der Waals surface area contributed by atoms with Crippen LogP contribution in [0.4, 0.5) is 0 Å². The molecule has 2 N–H and O–H groups in total. The predicted molar refractivity (Wildman–Crippen MR) is 86.2 cm³/mol. The van der Waals surface area contributed by atoms with Gasteiger partial charge in [0.25, 0.3) is 0 Å². The van der Waals surface area contributed by atoms with Crippen molar-refractivity contribution in [3.63, 3.8) is 0 Å². The maximum absolute atomic E-state index is 6.15. The Morgan fingerprint density at radius 2 is 1.80 bits per heavy atom. The van der Waals surface area contributed by atoms with Crippen LogP contribution in [0.15, 0.2) is 53.4 Å². The first-order valence-electron chi connectivity index (χ1n) is 6.76. The molecule has 0 saturated carbocycles. The van der Waals surface area contributed by atoms with Crippen LogP contribution in [0.1, 0.15) is 17.3 Å². The average Bonchev–Trinajstić information content (AvgIpc) is 3.01. The van der Waals surface area contributed by atoms with Gasteiger partial charge in [0.1, 0.15) is 0 Å². The minimum absolute atomic E-state index is 0.215. The van der Waals surface area contributed by atoms with Crippen LogP contribution >= 0.6 is 23.4 Å². The summed E-state index contributed by atoms with van der Waals surface area (Å²) in [5, 5.41) is 7.70. The van der Waals surface area contributed by atoms with E-state index >= 15 is 0 Å². The van der Waals surface area contributed by atoms with Crippen LogP contribution in [-0.4, -0.2) is 13.1 Å². The second-order valence-electron chi connectivity index (χ2n) is 4.80. The van der Waals surface area contributed by atoms with Crippen LogP contribution in [0.5, 0.6) is 0 Å². The number of benzene rings is 2. The van der Waals surface area contributed by atoms with Crippen molar-refractivity contribution < 1.29 is 0 Å². The first-order chi connectivity index (χ1) is 9.83. The fourth-order valence-corrected chi connectivity index (χ4v) is 3.54. The molecule has 0 spiro atoms. The molecule has 2 nitrogen and oxygen atoms in total. The van der Waals surface area contributed by atoms with Crippen LogP contribution in [0.3, 0.4) is 0 Å². The zero-order valence-electron chi connectivity index (χ0n) is 11.1. The summed E-state index contributed by atoms with van der Waals surface area (Å²) in [6.45, 7) is 2.00. The highest BCUT2D eigenvalue weighted by Crippen LogP contribution is 2.32. The summed E-state index contributed by atoms with van der Waals surface area (Å²) in [6.07, 6.45) is 0.215. The molecule has 0 aromatic heterocycles. The van der Waals surface area contributed by atoms with E-state index in [2.05, 4.69) is 47.0 Å². The summed E-state index contributed by atoms with van der Waals surface area (Å²) in [7, 11) is 0. The van der Waals surface area contributed by atoms with Gasteiger partial charge in [0.2, 0.25) is 0 Å². The second-order valence-corrected chi connectivity index (χ2v) is 6.25. The van der Waals surface area contributed by atoms with Crippen LogP contribution in [-0.2, 0) is 5.75 Å². The third kappa shape index (κ3) is 3.36. The number of halogens is 1. The van der Waals surface area contributed by atoms with E-state index in [4.69, 9.17) is 11.6 Å². The zero-order chi connectivity index (χ0) is 13.8. The maximum Gasteiger partial charge on any atom is 0.0847 e. The average molecular weight is 305 g/mol. The third-order valence-electron chi connectivity index (χ3n) is 3.34. The summed E-state index contributed by atoms with van der Waals surface area (Å²) < 4.78 is 0. The molecule has 1 saturated heterocycles. The molecule has 0 radical (unpaired) electrons. The lowest BCUT2D eigenvalue weighted by Gasteiger charge is -2.16. The lowest BCUT2D eigenvalue weighted by Crippen LogP contribution is -2.21. The molecule has 104 valence electrons. The van der Waals surface area contributed by atoms with Crippen molar-refractivity contribution in [1.82, 2.24) is 10.6 Å². The number of rotatable bonds is 4. The van der Waals surface area contributed by atoms with E-state index in [1.54, 1.807) is 0 Å². The molecular formula is C16H17ClN2S. The molecule has 0 aliphatic carbocycles. The van der Waals surface area contributed by atoms with Gasteiger partial charge in [-0.15, -0.1) is 11.8 Å². The quantitative estimate of drug-likeness (QED) is 0.840. The summed E-state index contributed by atoms with van der Waals surface area (Å²) in [4.78, 5) is 1.28. The van der Waals surface area contributed by atoms with Gasteiger partial charge in [0.15, 0.2) is 0 Å². The van der Waals surface area contributed by atoms with Gasteiger partial charge in [-0.25, -0.2) is 0 Å². The molecule has 0 amide bonds. The molecule has 0 unspecified atom stereocenters. The normalized spacial score (nSPS) is 15.7. The molecule has 3 rings (SSSR count). The topological polar surface area (TPSA) is 24.1 Å². The van der Waals surface area contributed by atoms with E-state index in [1.165, 1.54) is 16.0 Å². The van der Waals surface area contributed by atoms with Gasteiger partial charge < -0.3 is 0 Å². The summed E-state index contributed by atoms with van der Waals surface area (Å²) in [6, 6.07) is 16.7. The highest BCUT2D eigenvalue weighted by Gasteiger charge is 2.19. The van der Waals surface area contributed by atoms with Gasteiger partial charge in [0.05, 0.1) is 6.17 Å². The lowest BCUT2D eigenvalue weighted by atomic mass is 10.2. The van der Waals surface area contributed by atoms with Crippen molar-refractivity contribution >= 4 is 23.4 Å². The predicted octanol–water partition coefficient (Wildman–Crippen LogP) is 3.82. The molecule has 1 aliphatic rings. The minimum atomic E-state index is 0.215. The Hall–Kier alpha value is -1.00. The Labute approximate surface area is 128 Å². The van der Waals surface area contributed by atoms with Crippen LogP contribution in [0, 0.1) is 0 Å². The van der Waals surface area contributed by atoms with Crippen molar-refractivity contribution in [2.24, 2.45) is 0 Å². The number of hydrogen-bond acceptors (Lipinski definition) is 3. The third-order valence-corrected chi connectivity index (χ3v) is 4.74. The van der Waals surface area contributed by atoms with Crippen molar-refractivity contribution in [2.45, 2.75) is 16.8 Å². The van der Waals surface area contributed by atoms with Crippen LogP contribution in [0.25, 0.3) is 0 Å². The standard InChI is InChI=1S/C16H17ClN2S/c17-13-6-7-15(14(10-13)16-18-8-9-19-16)20-11-12-4-2-1-3-5-12/h1-7,10,16,18-19H,8-9,11H2. The molecule has 1 heterocycles. The van der Waals surface area contributed by atoms with Gasteiger partial charge in [-0.05, 0) is 29.3 Å². The van der Waals surface area contributed by atoms with Gasteiger partial charge >= 0.3 is 0 Å².